The summed E-state index contributed by atoms with van der Waals surface area (Å²) < 4.78 is 27.2. The minimum Gasteiger partial charge on any atom is -0.366 e. The number of benzene rings is 2. The lowest BCUT2D eigenvalue weighted by Gasteiger charge is -2.39. The molecular formula is C26H27F2N5O. The van der Waals surface area contributed by atoms with Crippen LogP contribution >= 0.6 is 0 Å². The molecule has 2 aliphatic rings. The van der Waals surface area contributed by atoms with E-state index in [2.05, 4.69) is 15.1 Å². The number of piperazine rings is 1. The van der Waals surface area contributed by atoms with E-state index in [-0.39, 0.29) is 23.5 Å². The highest BCUT2D eigenvalue weighted by Gasteiger charge is 2.31. The Morgan fingerprint density at radius 1 is 0.765 bits per heavy atom. The van der Waals surface area contributed by atoms with E-state index in [1.807, 2.05) is 28.0 Å². The van der Waals surface area contributed by atoms with Gasteiger partial charge in [-0.05, 0) is 61.4 Å². The number of para-hydroxylation sites is 1. The van der Waals surface area contributed by atoms with Crippen molar-refractivity contribution in [3.8, 4) is 11.3 Å². The lowest BCUT2D eigenvalue weighted by Crippen LogP contribution is -2.52. The van der Waals surface area contributed by atoms with E-state index < -0.39 is 0 Å². The molecule has 5 rings (SSSR count). The smallest absolute Gasteiger partial charge is 0.225 e. The van der Waals surface area contributed by atoms with E-state index in [1.165, 1.54) is 18.2 Å². The van der Waals surface area contributed by atoms with Crippen molar-refractivity contribution >= 4 is 17.4 Å². The van der Waals surface area contributed by atoms with Crippen LogP contribution in [-0.4, -0.2) is 60.3 Å². The Kier molecular flexibility index (Phi) is 6.38. The van der Waals surface area contributed by atoms with Crippen LogP contribution in [-0.2, 0) is 4.79 Å². The number of anilines is 2. The molecule has 0 aliphatic carbocycles. The largest absolute Gasteiger partial charge is 0.366 e. The first-order chi connectivity index (χ1) is 16.6. The monoisotopic (exact) mass is 463 g/mol. The molecule has 2 saturated heterocycles. The third kappa shape index (κ3) is 4.71. The number of piperidine rings is 1. The van der Waals surface area contributed by atoms with Gasteiger partial charge in [0.2, 0.25) is 5.91 Å². The number of amides is 1. The average Bonchev–Trinajstić information content (AvgIpc) is 2.89. The van der Waals surface area contributed by atoms with Gasteiger partial charge in [0.05, 0.1) is 11.4 Å². The number of hydrogen-bond acceptors (Lipinski definition) is 5. The molecule has 8 heteroatoms. The molecule has 1 aromatic heterocycles. The fourth-order valence-electron chi connectivity index (χ4n) is 4.76. The van der Waals surface area contributed by atoms with Gasteiger partial charge in [-0.1, -0.05) is 12.1 Å². The molecule has 0 spiro atoms. The zero-order valence-corrected chi connectivity index (χ0v) is 18.9. The van der Waals surface area contributed by atoms with Crippen LogP contribution in [0.4, 0.5) is 20.3 Å². The summed E-state index contributed by atoms with van der Waals surface area (Å²) in [7, 11) is 0. The van der Waals surface area contributed by atoms with Gasteiger partial charge in [0.1, 0.15) is 11.6 Å². The molecule has 0 unspecified atom stereocenters. The lowest BCUT2D eigenvalue weighted by molar-refractivity contribution is -0.136. The Labute approximate surface area is 197 Å². The Morgan fingerprint density at radius 3 is 2.12 bits per heavy atom. The molecule has 0 saturated carbocycles. The first-order valence-electron chi connectivity index (χ1n) is 11.7. The van der Waals surface area contributed by atoms with Crippen LogP contribution in [0.3, 0.4) is 0 Å². The highest BCUT2D eigenvalue weighted by molar-refractivity contribution is 5.79. The number of rotatable bonds is 4. The topological polar surface area (TPSA) is 52.6 Å². The van der Waals surface area contributed by atoms with E-state index in [1.54, 1.807) is 24.3 Å². The fraction of sp³-hybridized carbons (Fsp3) is 0.346. The molecule has 2 aromatic carbocycles. The van der Waals surface area contributed by atoms with Gasteiger partial charge in [0, 0.05) is 50.7 Å². The minimum atomic E-state index is -0.280. The molecule has 0 bridgehead atoms. The maximum absolute atomic E-state index is 14.1. The standard InChI is InChI=1S/C26H27F2N5O/c27-21-7-5-19(6-8-21)23-9-10-25(30-29-23)32-13-11-20(12-14-32)26(34)33-17-15-31(16-18-33)24-4-2-1-3-22(24)28/h1-10,20H,11-18H2. The number of carbonyl (C=O) groups is 1. The highest BCUT2D eigenvalue weighted by Crippen LogP contribution is 2.26. The summed E-state index contributed by atoms with van der Waals surface area (Å²) in [6.45, 7) is 4.00. The Bertz CT molecular complexity index is 1120. The van der Waals surface area contributed by atoms with E-state index in [0.29, 0.717) is 37.6 Å². The summed E-state index contributed by atoms with van der Waals surface area (Å²) in [6.07, 6.45) is 1.54. The second-order valence-electron chi connectivity index (χ2n) is 8.81. The van der Waals surface area contributed by atoms with Crippen LogP contribution in [0.5, 0.6) is 0 Å². The molecular weight excluding hydrogens is 436 g/mol. The van der Waals surface area contributed by atoms with Gasteiger partial charge in [-0.25, -0.2) is 8.78 Å². The molecule has 3 heterocycles. The number of halogens is 2. The van der Waals surface area contributed by atoms with E-state index in [9.17, 15) is 13.6 Å². The van der Waals surface area contributed by atoms with Gasteiger partial charge in [-0.2, -0.15) is 0 Å². The van der Waals surface area contributed by atoms with Crippen LogP contribution in [0.15, 0.2) is 60.7 Å². The normalized spacial score (nSPS) is 17.2. The van der Waals surface area contributed by atoms with Crippen molar-refractivity contribution in [3.05, 3.63) is 72.3 Å². The summed E-state index contributed by atoms with van der Waals surface area (Å²) in [6, 6.07) is 16.8. The van der Waals surface area contributed by atoms with Crippen LogP contribution in [0.1, 0.15) is 12.8 Å². The van der Waals surface area contributed by atoms with Crippen molar-refractivity contribution in [2.75, 3.05) is 49.1 Å². The van der Waals surface area contributed by atoms with Crippen LogP contribution in [0, 0.1) is 17.6 Å². The third-order valence-electron chi connectivity index (χ3n) is 6.74. The number of aromatic nitrogens is 2. The molecule has 0 N–H and O–H groups in total. The molecule has 176 valence electrons. The zero-order valence-electron chi connectivity index (χ0n) is 18.9. The van der Waals surface area contributed by atoms with E-state index in [0.717, 1.165) is 37.3 Å². The van der Waals surface area contributed by atoms with Crippen LogP contribution in [0.25, 0.3) is 11.3 Å². The van der Waals surface area contributed by atoms with Crippen molar-refractivity contribution in [3.63, 3.8) is 0 Å². The maximum Gasteiger partial charge on any atom is 0.225 e. The van der Waals surface area contributed by atoms with Crippen LogP contribution < -0.4 is 9.80 Å². The Hall–Kier alpha value is -3.55. The third-order valence-corrected chi connectivity index (χ3v) is 6.74. The van der Waals surface area contributed by atoms with Crippen molar-refractivity contribution in [1.82, 2.24) is 15.1 Å². The SMILES string of the molecule is O=C(C1CCN(c2ccc(-c3ccc(F)cc3)nn2)CC1)N1CCN(c2ccccc2F)CC1. The first kappa shape index (κ1) is 22.3. The Balaban J connectivity index is 1.13. The summed E-state index contributed by atoms with van der Waals surface area (Å²) in [5.74, 6) is 0.490. The highest BCUT2D eigenvalue weighted by atomic mass is 19.1. The molecule has 1 amide bonds. The second kappa shape index (κ2) is 9.75. The molecule has 2 aliphatic heterocycles. The molecule has 6 nitrogen and oxygen atoms in total. The second-order valence-corrected chi connectivity index (χ2v) is 8.81. The summed E-state index contributed by atoms with van der Waals surface area (Å²) >= 11 is 0. The van der Waals surface area contributed by atoms with Gasteiger partial charge in [0.25, 0.3) is 0 Å². The summed E-state index contributed by atoms with van der Waals surface area (Å²) in [5, 5.41) is 8.65. The molecule has 0 radical (unpaired) electrons. The first-order valence-corrected chi connectivity index (χ1v) is 11.7. The number of carbonyl (C=O) groups excluding carboxylic acids is 1. The Morgan fingerprint density at radius 2 is 1.47 bits per heavy atom. The van der Waals surface area contributed by atoms with Gasteiger partial charge >= 0.3 is 0 Å². The maximum atomic E-state index is 14.1. The molecule has 2 fully saturated rings. The predicted octanol–water partition coefficient (Wildman–Crippen LogP) is 3.99. The minimum absolute atomic E-state index is 0.00251. The van der Waals surface area contributed by atoms with Gasteiger partial charge in [0.15, 0.2) is 5.82 Å². The molecule has 34 heavy (non-hydrogen) atoms. The summed E-state index contributed by atoms with van der Waals surface area (Å²) in [5.41, 5.74) is 2.12. The summed E-state index contributed by atoms with van der Waals surface area (Å²) in [4.78, 5) is 19.2. The predicted molar refractivity (Wildman–Crippen MR) is 128 cm³/mol. The quantitative estimate of drug-likeness (QED) is 0.586. The van der Waals surface area contributed by atoms with Gasteiger partial charge < -0.3 is 14.7 Å². The van der Waals surface area contributed by atoms with Crippen LogP contribution in [0.2, 0.25) is 0 Å². The van der Waals surface area contributed by atoms with Crippen molar-refractivity contribution in [2.45, 2.75) is 12.8 Å². The fourth-order valence-corrected chi connectivity index (χ4v) is 4.76. The molecule has 0 atom stereocenters. The van der Waals surface area contributed by atoms with Gasteiger partial charge in [-0.15, -0.1) is 10.2 Å². The van der Waals surface area contributed by atoms with E-state index >= 15 is 0 Å². The zero-order chi connectivity index (χ0) is 23.5. The van der Waals surface area contributed by atoms with Gasteiger partial charge in [-0.3, -0.25) is 4.79 Å². The average molecular weight is 464 g/mol. The number of nitrogens with zero attached hydrogens (tertiary/aromatic N) is 5. The number of hydrogen-bond donors (Lipinski definition) is 0. The van der Waals surface area contributed by atoms with Crippen molar-refractivity contribution in [1.29, 1.82) is 0 Å². The van der Waals surface area contributed by atoms with Crippen molar-refractivity contribution in [2.24, 2.45) is 5.92 Å². The van der Waals surface area contributed by atoms with Crippen molar-refractivity contribution < 1.29 is 13.6 Å². The molecule has 3 aromatic rings. The lowest BCUT2D eigenvalue weighted by atomic mass is 9.95. The van der Waals surface area contributed by atoms with E-state index in [4.69, 9.17) is 0 Å².